The third kappa shape index (κ3) is 2.68. The number of nitrogens with one attached hydrogen (secondary N) is 2. The van der Waals surface area contributed by atoms with Gasteiger partial charge in [0.05, 0.1) is 26.3 Å². The van der Waals surface area contributed by atoms with E-state index < -0.39 is 5.92 Å². The van der Waals surface area contributed by atoms with Crippen LogP contribution in [0.5, 0.6) is 17.2 Å². The van der Waals surface area contributed by atoms with Gasteiger partial charge < -0.3 is 24.9 Å². The van der Waals surface area contributed by atoms with Crippen LogP contribution in [0.4, 0.5) is 5.69 Å². The van der Waals surface area contributed by atoms with Crippen LogP contribution >= 0.6 is 0 Å². The molecule has 31 heavy (non-hydrogen) atoms. The Balaban J connectivity index is 1.81. The number of imide groups is 1. The minimum absolute atomic E-state index is 0.113. The van der Waals surface area contributed by atoms with Crippen LogP contribution < -0.4 is 14.8 Å². The van der Waals surface area contributed by atoms with Crippen LogP contribution in [0.15, 0.2) is 47.8 Å². The number of methoxy groups -OCH3 is 2. The van der Waals surface area contributed by atoms with Crippen LogP contribution in [0, 0.1) is 0 Å². The highest BCUT2D eigenvalue weighted by atomic mass is 16.5. The lowest BCUT2D eigenvalue weighted by Crippen LogP contribution is -2.33. The van der Waals surface area contributed by atoms with Crippen molar-refractivity contribution in [3.05, 3.63) is 58.9 Å². The SMILES string of the molecule is COc1cc(C2C3=C(CN(C(C)=O)C3=O)Nc3cccc4[nH]cc2c34)cc(OC)c1O. The molecule has 3 N–H and O–H groups in total. The topological polar surface area (TPSA) is 104 Å². The summed E-state index contributed by atoms with van der Waals surface area (Å²) in [6, 6.07) is 9.25. The second-order valence-electron chi connectivity index (χ2n) is 7.61. The fraction of sp³-hybridized carbons (Fsp3) is 0.217. The van der Waals surface area contributed by atoms with Gasteiger partial charge in [0.1, 0.15) is 0 Å². The van der Waals surface area contributed by atoms with Gasteiger partial charge in [0.15, 0.2) is 11.5 Å². The normalized spacial score (nSPS) is 17.5. The largest absolute Gasteiger partial charge is 0.502 e. The molecule has 1 unspecified atom stereocenters. The quantitative estimate of drug-likeness (QED) is 0.603. The molecule has 5 rings (SSSR count). The van der Waals surface area contributed by atoms with E-state index in [0.29, 0.717) is 16.8 Å². The number of H-pyrrole nitrogens is 1. The van der Waals surface area contributed by atoms with Crippen molar-refractivity contribution in [3.8, 4) is 17.2 Å². The zero-order chi connectivity index (χ0) is 21.9. The third-order valence-corrected chi connectivity index (χ3v) is 5.95. The van der Waals surface area contributed by atoms with Gasteiger partial charge in [-0.1, -0.05) is 6.07 Å². The fourth-order valence-electron chi connectivity index (χ4n) is 4.54. The Morgan fingerprint density at radius 1 is 1.19 bits per heavy atom. The minimum atomic E-state index is -0.500. The first kappa shape index (κ1) is 19.0. The number of nitrogens with zero attached hydrogens (tertiary/aromatic N) is 1. The van der Waals surface area contributed by atoms with Crippen LogP contribution in [-0.4, -0.2) is 47.6 Å². The number of aromatic hydroxyl groups is 1. The van der Waals surface area contributed by atoms with E-state index in [1.807, 2.05) is 24.4 Å². The molecule has 2 aliphatic rings. The van der Waals surface area contributed by atoms with Gasteiger partial charge in [-0.15, -0.1) is 0 Å². The number of anilines is 1. The van der Waals surface area contributed by atoms with Crippen LogP contribution in [0.25, 0.3) is 10.9 Å². The fourth-order valence-corrected chi connectivity index (χ4v) is 4.54. The van der Waals surface area contributed by atoms with Gasteiger partial charge in [-0.2, -0.15) is 0 Å². The molecule has 158 valence electrons. The molecule has 0 saturated carbocycles. The summed E-state index contributed by atoms with van der Waals surface area (Å²) >= 11 is 0. The molecular formula is C23H21N3O5. The summed E-state index contributed by atoms with van der Waals surface area (Å²) in [5, 5.41) is 14.7. The highest BCUT2D eigenvalue weighted by Gasteiger charge is 2.41. The number of hydrogen-bond acceptors (Lipinski definition) is 6. The molecule has 2 aliphatic heterocycles. The highest BCUT2D eigenvalue weighted by molar-refractivity contribution is 6.11. The van der Waals surface area contributed by atoms with E-state index >= 15 is 0 Å². The van der Waals surface area contributed by atoms with Crippen molar-refractivity contribution in [2.75, 3.05) is 26.1 Å². The van der Waals surface area contributed by atoms with Crippen molar-refractivity contribution in [2.45, 2.75) is 12.8 Å². The van der Waals surface area contributed by atoms with E-state index in [9.17, 15) is 14.7 Å². The number of ether oxygens (including phenoxy) is 2. The van der Waals surface area contributed by atoms with Gasteiger partial charge in [-0.05, 0) is 35.4 Å². The number of carbonyl (C=O) groups is 2. The highest BCUT2D eigenvalue weighted by Crippen LogP contribution is 2.48. The average molecular weight is 419 g/mol. The van der Waals surface area contributed by atoms with E-state index in [2.05, 4.69) is 10.3 Å². The van der Waals surface area contributed by atoms with Gasteiger partial charge in [-0.25, -0.2) is 0 Å². The average Bonchev–Trinajstić information content (AvgIpc) is 3.28. The van der Waals surface area contributed by atoms with E-state index in [4.69, 9.17) is 9.47 Å². The molecule has 1 atom stereocenters. The Morgan fingerprint density at radius 3 is 2.55 bits per heavy atom. The summed E-state index contributed by atoms with van der Waals surface area (Å²) < 4.78 is 10.7. The second kappa shape index (κ2) is 6.80. The molecule has 0 spiro atoms. The van der Waals surface area contributed by atoms with Crippen molar-refractivity contribution in [2.24, 2.45) is 0 Å². The molecule has 8 nitrogen and oxygen atoms in total. The summed E-state index contributed by atoms with van der Waals surface area (Å²) in [7, 11) is 2.92. The molecule has 0 saturated heterocycles. The first-order valence-corrected chi connectivity index (χ1v) is 9.82. The molecule has 0 radical (unpaired) electrons. The number of aromatic amines is 1. The van der Waals surface area contributed by atoms with Crippen LogP contribution in [0.1, 0.15) is 24.0 Å². The number of amides is 2. The number of phenols is 1. The summed E-state index contributed by atoms with van der Waals surface area (Å²) in [6.45, 7) is 1.56. The van der Waals surface area contributed by atoms with Crippen LogP contribution in [-0.2, 0) is 9.59 Å². The molecule has 3 aromatic rings. The summed E-state index contributed by atoms with van der Waals surface area (Å²) in [5.74, 6) is -0.789. The second-order valence-corrected chi connectivity index (χ2v) is 7.61. The van der Waals surface area contributed by atoms with Crippen molar-refractivity contribution in [3.63, 3.8) is 0 Å². The molecular weight excluding hydrogens is 398 g/mol. The van der Waals surface area contributed by atoms with Gasteiger partial charge >= 0.3 is 0 Å². The predicted octanol–water partition coefficient (Wildman–Crippen LogP) is 3.09. The lowest BCUT2D eigenvalue weighted by atomic mass is 9.84. The Labute approximate surface area is 178 Å². The third-order valence-electron chi connectivity index (χ3n) is 5.95. The molecule has 0 bridgehead atoms. The predicted molar refractivity (Wildman–Crippen MR) is 114 cm³/mol. The summed E-state index contributed by atoms with van der Waals surface area (Å²) in [4.78, 5) is 30.0. The molecule has 3 heterocycles. The maximum Gasteiger partial charge on any atom is 0.259 e. The van der Waals surface area contributed by atoms with Crippen LogP contribution in [0.3, 0.4) is 0 Å². The lowest BCUT2D eigenvalue weighted by molar-refractivity contribution is -0.139. The number of rotatable bonds is 3. The molecule has 0 aliphatic carbocycles. The van der Waals surface area contributed by atoms with E-state index in [-0.39, 0.29) is 35.6 Å². The van der Waals surface area contributed by atoms with Crippen molar-refractivity contribution < 1.29 is 24.2 Å². The van der Waals surface area contributed by atoms with Gasteiger partial charge in [-0.3, -0.25) is 14.5 Å². The monoisotopic (exact) mass is 419 g/mol. The number of phenolic OH excluding ortho intramolecular Hbond substituents is 1. The van der Waals surface area contributed by atoms with Gasteiger partial charge in [0, 0.05) is 41.3 Å². The lowest BCUT2D eigenvalue weighted by Gasteiger charge is -2.21. The molecule has 1 aromatic heterocycles. The van der Waals surface area contributed by atoms with Crippen molar-refractivity contribution >= 4 is 28.4 Å². The molecule has 2 amide bonds. The zero-order valence-electron chi connectivity index (χ0n) is 17.3. The van der Waals surface area contributed by atoms with Crippen molar-refractivity contribution in [1.82, 2.24) is 9.88 Å². The van der Waals surface area contributed by atoms with Crippen molar-refractivity contribution in [1.29, 1.82) is 0 Å². The molecule has 8 heteroatoms. The Hall–Kier alpha value is -3.94. The standard InChI is InChI=1S/C23H21N3O5/c1-11(27)26-10-16-21(23(26)29)19(12-7-17(30-2)22(28)18(8-12)31-3)13-9-24-14-5-4-6-15(25-16)20(13)14/h4-9,19,24-25,28H,10H2,1-3H3. The first-order chi connectivity index (χ1) is 14.9. The maximum absolute atomic E-state index is 13.4. The van der Waals surface area contributed by atoms with Gasteiger partial charge in [0.2, 0.25) is 11.7 Å². The van der Waals surface area contributed by atoms with Gasteiger partial charge in [0.25, 0.3) is 5.91 Å². The van der Waals surface area contributed by atoms with E-state index in [1.54, 1.807) is 12.1 Å². The Morgan fingerprint density at radius 2 is 1.90 bits per heavy atom. The number of hydrogen-bond donors (Lipinski definition) is 3. The maximum atomic E-state index is 13.4. The summed E-state index contributed by atoms with van der Waals surface area (Å²) in [6.07, 6.45) is 1.88. The van der Waals surface area contributed by atoms with Crippen LogP contribution in [0.2, 0.25) is 0 Å². The first-order valence-electron chi connectivity index (χ1n) is 9.82. The summed E-state index contributed by atoms with van der Waals surface area (Å²) in [5.41, 5.74) is 4.55. The van der Waals surface area contributed by atoms with E-state index in [0.717, 1.165) is 22.2 Å². The number of aromatic nitrogens is 1. The smallest absolute Gasteiger partial charge is 0.259 e. The number of carbonyl (C=O) groups excluding carboxylic acids is 2. The number of benzene rings is 2. The molecule has 2 aromatic carbocycles. The minimum Gasteiger partial charge on any atom is -0.502 e. The molecule has 0 fully saturated rings. The Bertz CT molecular complexity index is 1260. The zero-order valence-corrected chi connectivity index (χ0v) is 17.3. The Kier molecular flexibility index (Phi) is 4.18. The van der Waals surface area contributed by atoms with E-state index in [1.165, 1.54) is 26.0 Å².